The fraction of sp³-hybridized carbons (Fsp3) is 0.667. The van der Waals surface area contributed by atoms with Gasteiger partial charge >= 0.3 is 0 Å². The van der Waals surface area contributed by atoms with E-state index in [9.17, 15) is 0 Å². The predicted octanol–water partition coefficient (Wildman–Crippen LogP) is 2.21. The summed E-state index contributed by atoms with van der Waals surface area (Å²) >= 11 is 0. The van der Waals surface area contributed by atoms with Crippen molar-refractivity contribution in [2.45, 2.75) is 32.2 Å². The van der Waals surface area contributed by atoms with Crippen molar-refractivity contribution in [3.63, 3.8) is 0 Å². The first-order valence-corrected chi connectivity index (χ1v) is 7.18. The molecule has 1 aliphatic rings. The first-order chi connectivity index (χ1) is 9.24. The van der Waals surface area contributed by atoms with Crippen molar-refractivity contribution in [2.24, 2.45) is 11.7 Å². The van der Waals surface area contributed by atoms with Gasteiger partial charge in [0.2, 0.25) is 5.88 Å². The highest BCUT2D eigenvalue weighted by atomic mass is 16.5. The average Bonchev–Trinajstić information content (AvgIpc) is 2.66. The minimum Gasteiger partial charge on any atom is -0.481 e. The zero-order valence-electron chi connectivity index (χ0n) is 12.0. The van der Waals surface area contributed by atoms with Crippen LogP contribution in [0.4, 0.5) is 0 Å². The molecule has 19 heavy (non-hydrogen) atoms. The smallest absolute Gasteiger partial charge is 0.212 e. The first kappa shape index (κ1) is 14.3. The molecule has 0 aromatic carbocycles. The van der Waals surface area contributed by atoms with E-state index >= 15 is 0 Å². The second kappa shape index (κ2) is 6.87. The number of ether oxygens (including phenoxy) is 1. The summed E-state index contributed by atoms with van der Waals surface area (Å²) < 4.78 is 5.11. The van der Waals surface area contributed by atoms with Gasteiger partial charge in [0.1, 0.15) is 0 Å². The molecule has 1 saturated heterocycles. The zero-order chi connectivity index (χ0) is 13.7. The van der Waals surface area contributed by atoms with Crippen LogP contribution in [-0.2, 0) is 0 Å². The Bertz CT molecular complexity index is 379. The summed E-state index contributed by atoms with van der Waals surface area (Å²) in [5.74, 6) is 1.49. The lowest BCUT2D eigenvalue weighted by atomic mass is 10.0. The summed E-state index contributed by atoms with van der Waals surface area (Å²) in [5, 5.41) is 0. The van der Waals surface area contributed by atoms with Gasteiger partial charge in [-0.1, -0.05) is 13.0 Å². The predicted molar refractivity (Wildman–Crippen MR) is 77.2 cm³/mol. The molecule has 4 heteroatoms. The van der Waals surface area contributed by atoms with Crippen LogP contribution in [0.3, 0.4) is 0 Å². The highest BCUT2D eigenvalue weighted by molar-refractivity contribution is 5.21. The molecule has 0 aliphatic carbocycles. The number of nitrogens with two attached hydrogens (primary N) is 1. The number of hydrogen-bond acceptors (Lipinski definition) is 4. The van der Waals surface area contributed by atoms with Gasteiger partial charge in [-0.2, -0.15) is 0 Å². The SMILES string of the molecule is COc1ccc(C(CN)N2CCCC(C)CC2)cn1. The quantitative estimate of drug-likeness (QED) is 0.905. The van der Waals surface area contributed by atoms with Crippen molar-refractivity contribution in [1.82, 2.24) is 9.88 Å². The van der Waals surface area contributed by atoms with Gasteiger partial charge in [0.05, 0.1) is 7.11 Å². The molecule has 2 unspecified atom stereocenters. The number of pyridine rings is 1. The second-order valence-corrected chi connectivity index (χ2v) is 5.46. The number of nitrogens with zero attached hydrogens (tertiary/aromatic N) is 2. The Morgan fingerprint density at radius 3 is 2.89 bits per heavy atom. The van der Waals surface area contributed by atoms with Crippen LogP contribution in [0.5, 0.6) is 5.88 Å². The Hall–Kier alpha value is -1.13. The second-order valence-electron chi connectivity index (χ2n) is 5.46. The third-order valence-electron chi connectivity index (χ3n) is 4.07. The molecule has 2 N–H and O–H groups in total. The lowest BCUT2D eigenvalue weighted by Crippen LogP contribution is -2.34. The van der Waals surface area contributed by atoms with E-state index in [-0.39, 0.29) is 6.04 Å². The molecule has 0 saturated carbocycles. The van der Waals surface area contributed by atoms with E-state index in [1.807, 2.05) is 12.3 Å². The van der Waals surface area contributed by atoms with Gasteiger partial charge in [-0.15, -0.1) is 0 Å². The maximum Gasteiger partial charge on any atom is 0.212 e. The van der Waals surface area contributed by atoms with Gasteiger partial charge in [0, 0.05) is 24.8 Å². The first-order valence-electron chi connectivity index (χ1n) is 7.18. The average molecular weight is 263 g/mol. The minimum atomic E-state index is 0.281. The Labute approximate surface area is 116 Å². The number of methoxy groups -OCH3 is 1. The molecule has 1 aromatic heterocycles. The Kier molecular flexibility index (Phi) is 5.16. The normalized spacial score (nSPS) is 22.8. The molecule has 2 heterocycles. The molecule has 106 valence electrons. The van der Waals surface area contributed by atoms with E-state index in [1.165, 1.54) is 24.8 Å². The third kappa shape index (κ3) is 3.67. The molecule has 1 aromatic rings. The van der Waals surface area contributed by atoms with Crippen LogP contribution in [-0.4, -0.2) is 36.6 Å². The van der Waals surface area contributed by atoms with Gasteiger partial charge < -0.3 is 10.5 Å². The molecule has 0 amide bonds. The van der Waals surface area contributed by atoms with Gasteiger partial charge in [-0.3, -0.25) is 4.90 Å². The van der Waals surface area contributed by atoms with Crippen molar-refractivity contribution in [1.29, 1.82) is 0 Å². The molecule has 2 atom stereocenters. The van der Waals surface area contributed by atoms with E-state index in [0.29, 0.717) is 12.4 Å². The van der Waals surface area contributed by atoms with Crippen molar-refractivity contribution >= 4 is 0 Å². The molecule has 2 rings (SSSR count). The van der Waals surface area contributed by atoms with Crippen LogP contribution in [0.25, 0.3) is 0 Å². The Morgan fingerprint density at radius 2 is 2.26 bits per heavy atom. The van der Waals surface area contributed by atoms with Crippen molar-refractivity contribution in [3.8, 4) is 5.88 Å². The molecular formula is C15H25N3O. The summed E-state index contributed by atoms with van der Waals surface area (Å²) in [5.41, 5.74) is 7.18. The van der Waals surface area contributed by atoms with Gasteiger partial charge in [-0.25, -0.2) is 4.98 Å². The van der Waals surface area contributed by atoms with Crippen LogP contribution in [0.2, 0.25) is 0 Å². The number of hydrogen-bond donors (Lipinski definition) is 1. The summed E-state index contributed by atoms with van der Waals surface area (Å²) in [4.78, 5) is 6.80. The van der Waals surface area contributed by atoms with Crippen LogP contribution in [0, 0.1) is 5.92 Å². The molecule has 1 aliphatic heterocycles. The van der Waals surface area contributed by atoms with Gasteiger partial charge in [0.15, 0.2) is 0 Å². The molecule has 0 radical (unpaired) electrons. The van der Waals surface area contributed by atoms with E-state index < -0.39 is 0 Å². The summed E-state index contributed by atoms with van der Waals surface area (Å²) in [7, 11) is 1.64. The van der Waals surface area contributed by atoms with E-state index in [2.05, 4.69) is 22.9 Å². The number of rotatable bonds is 4. The van der Waals surface area contributed by atoms with Crippen LogP contribution in [0.1, 0.15) is 37.8 Å². The maximum atomic E-state index is 5.99. The third-order valence-corrected chi connectivity index (χ3v) is 4.07. The summed E-state index contributed by atoms with van der Waals surface area (Å²) in [6.45, 7) is 5.26. The minimum absolute atomic E-state index is 0.281. The van der Waals surface area contributed by atoms with Gasteiger partial charge in [0.25, 0.3) is 0 Å². The number of likely N-dealkylation sites (tertiary alicyclic amines) is 1. The van der Waals surface area contributed by atoms with Crippen molar-refractivity contribution in [3.05, 3.63) is 23.9 Å². The molecule has 0 bridgehead atoms. The molecule has 0 spiro atoms. The zero-order valence-corrected chi connectivity index (χ0v) is 12.0. The monoisotopic (exact) mass is 263 g/mol. The van der Waals surface area contributed by atoms with Crippen molar-refractivity contribution < 1.29 is 4.74 Å². The Morgan fingerprint density at radius 1 is 1.42 bits per heavy atom. The van der Waals surface area contributed by atoms with Crippen LogP contribution < -0.4 is 10.5 Å². The highest BCUT2D eigenvalue weighted by Crippen LogP contribution is 2.25. The number of aromatic nitrogens is 1. The van der Waals surface area contributed by atoms with Crippen LogP contribution in [0.15, 0.2) is 18.3 Å². The fourth-order valence-corrected chi connectivity index (χ4v) is 2.80. The highest BCUT2D eigenvalue weighted by Gasteiger charge is 2.22. The lowest BCUT2D eigenvalue weighted by molar-refractivity contribution is 0.207. The standard InChI is InChI=1S/C15H25N3O/c1-12-4-3-8-18(9-7-12)14(10-16)13-5-6-15(19-2)17-11-13/h5-6,11-12,14H,3-4,7-10,16H2,1-2H3. The van der Waals surface area contributed by atoms with Gasteiger partial charge in [-0.05, 0) is 43.8 Å². The summed E-state index contributed by atoms with van der Waals surface area (Å²) in [6.07, 6.45) is 5.75. The Balaban J connectivity index is 2.09. The van der Waals surface area contributed by atoms with Crippen molar-refractivity contribution in [2.75, 3.05) is 26.7 Å². The fourth-order valence-electron chi connectivity index (χ4n) is 2.80. The van der Waals surface area contributed by atoms with E-state index in [0.717, 1.165) is 19.0 Å². The van der Waals surface area contributed by atoms with E-state index in [4.69, 9.17) is 10.5 Å². The van der Waals surface area contributed by atoms with E-state index in [1.54, 1.807) is 7.11 Å². The largest absolute Gasteiger partial charge is 0.481 e. The lowest BCUT2D eigenvalue weighted by Gasteiger charge is -2.29. The molecule has 4 nitrogen and oxygen atoms in total. The maximum absolute atomic E-state index is 5.99. The van der Waals surface area contributed by atoms with Crippen LogP contribution >= 0.6 is 0 Å². The summed E-state index contributed by atoms with van der Waals surface area (Å²) in [6, 6.07) is 4.28. The molecular weight excluding hydrogens is 238 g/mol. The molecule has 1 fully saturated rings. The topological polar surface area (TPSA) is 51.4 Å².